The minimum Gasteiger partial charge on any atom is -0.481 e. The number of hydrogen-bond donors (Lipinski definition) is 2. The normalized spacial score (nSPS) is 20.8. The van der Waals surface area contributed by atoms with E-state index < -0.39 is 17.6 Å². The zero-order valence-corrected chi connectivity index (χ0v) is 25.6. The van der Waals surface area contributed by atoms with Crippen molar-refractivity contribution in [2.24, 2.45) is 16.3 Å². The van der Waals surface area contributed by atoms with Crippen LogP contribution >= 0.6 is 0 Å². The van der Waals surface area contributed by atoms with E-state index in [2.05, 4.69) is 31.1 Å². The third kappa shape index (κ3) is 6.42. The van der Waals surface area contributed by atoms with Gasteiger partial charge in [0.2, 0.25) is 5.95 Å². The molecule has 0 unspecified atom stereocenters. The molecular weight excluding hydrogens is 559 g/mol. The van der Waals surface area contributed by atoms with Crippen molar-refractivity contribution in [1.82, 2.24) is 15.2 Å². The number of halogens is 1. The SMILES string of the molecule is C[C@H](c1ccc(C(=O)NCCC(=O)O)cc1)N1C(=O)C(c2cccc(-c3ccnc(F)c3)c2)=NC12CCC(C(C)(C)C)CC2. The van der Waals surface area contributed by atoms with Gasteiger partial charge >= 0.3 is 5.97 Å². The van der Waals surface area contributed by atoms with Crippen molar-refractivity contribution >= 4 is 23.5 Å². The van der Waals surface area contributed by atoms with Crippen LogP contribution in [0.1, 0.15) is 87.3 Å². The van der Waals surface area contributed by atoms with Crippen LogP contribution in [0.4, 0.5) is 4.39 Å². The Hall–Kier alpha value is -4.40. The van der Waals surface area contributed by atoms with E-state index in [4.69, 9.17) is 10.1 Å². The van der Waals surface area contributed by atoms with Gasteiger partial charge < -0.3 is 15.3 Å². The first-order valence-corrected chi connectivity index (χ1v) is 15.1. The van der Waals surface area contributed by atoms with Crippen LogP contribution < -0.4 is 5.32 Å². The average molecular weight is 599 g/mol. The number of hydrogen-bond acceptors (Lipinski definition) is 5. The summed E-state index contributed by atoms with van der Waals surface area (Å²) in [6, 6.07) is 17.4. The smallest absolute Gasteiger partial charge is 0.305 e. The first-order chi connectivity index (χ1) is 20.9. The van der Waals surface area contributed by atoms with E-state index in [9.17, 15) is 18.8 Å². The maximum Gasteiger partial charge on any atom is 0.305 e. The van der Waals surface area contributed by atoms with Crippen LogP contribution in [0.5, 0.6) is 0 Å². The lowest BCUT2D eigenvalue weighted by Gasteiger charge is -2.46. The Balaban J connectivity index is 1.45. The highest BCUT2D eigenvalue weighted by Gasteiger charge is 2.52. The standard InChI is InChI=1S/C35H39FN4O4/c1-22(23-8-10-24(11-9-23)32(43)38-19-15-30(41)42)40-33(44)31(39-35(40)16-12-28(13-17-35)34(2,3)4)27-7-5-6-25(20-27)26-14-18-37-29(36)21-26/h5-11,14,18,20-22,28H,12-13,15-17,19H2,1-4H3,(H,38,43)(H,41,42)/t22-,28?,35?/m1/s1. The molecule has 1 fully saturated rings. The fraction of sp³-hybridized carbons (Fsp3) is 0.400. The lowest BCUT2D eigenvalue weighted by atomic mass is 9.69. The van der Waals surface area contributed by atoms with E-state index in [1.54, 1.807) is 18.2 Å². The molecule has 1 spiro atoms. The van der Waals surface area contributed by atoms with E-state index in [0.29, 0.717) is 28.3 Å². The molecule has 1 aliphatic carbocycles. The molecule has 2 heterocycles. The molecule has 0 saturated heterocycles. The number of carboxylic acid groups (broad SMARTS) is 1. The van der Waals surface area contributed by atoms with Crippen LogP contribution in [0, 0.1) is 17.3 Å². The largest absolute Gasteiger partial charge is 0.481 e. The van der Waals surface area contributed by atoms with Gasteiger partial charge in [-0.2, -0.15) is 4.39 Å². The molecule has 1 saturated carbocycles. The number of benzene rings is 2. The van der Waals surface area contributed by atoms with E-state index in [0.717, 1.165) is 36.8 Å². The van der Waals surface area contributed by atoms with Crippen molar-refractivity contribution in [2.45, 2.75) is 71.5 Å². The second kappa shape index (κ2) is 12.3. The average Bonchev–Trinajstić information content (AvgIpc) is 3.27. The number of carboxylic acids is 1. The van der Waals surface area contributed by atoms with Gasteiger partial charge in [0.1, 0.15) is 11.4 Å². The van der Waals surface area contributed by atoms with Gasteiger partial charge in [0.25, 0.3) is 11.8 Å². The summed E-state index contributed by atoms with van der Waals surface area (Å²) < 4.78 is 13.9. The lowest BCUT2D eigenvalue weighted by molar-refractivity contribution is -0.137. The van der Waals surface area contributed by atoms with Gasteiger partial charge in [-0.15, -0.1) is 0 Å². The second-order valence-corrected chi connectivity index (χ2v) is 12.9. The molecule has 3 aromatic rings. The van der Waals surface area contributed by atoms with Gasteiger partial charge in [-0.25, -0.2) is 4.98 Å². The number of aromatic nitrogens is 1. The summed E-state index contributed by atoms with van der Waals surface area (Å²) in [5.41, 5.74) is 3.27. The summed E-state index contributed by atoms with van der Waals surface area (Å²) in [5, 5.41) is 11.5. The zero-order valence-electron chi connectivity index (χ0n) is 25.6. The predicted octanol–water partition coefficient (Wildman–Crippen LogP) is 6.42. The number of carbonyl (C=O) groups excluding carboxylic acids is 2. The molecule has 9 heteroatoms. The Bertz CT molecular complexity index is 1590. The van der Waals surface area contributed by atoms with Gasteiger partial charge in [0.15, 0.2) is 0 Å². The number of nitrogens with one attached hydrogen (secondary N) is 1. The van der Waals surface area contributed by atoms with Crippen molar-refractivity contribution in [3.05, 3.63) is 89.5 Å². The molecule has 1 atom stereocenters. The van der Waals surface area contributed by atoms with Crippen molar-refractivity contribution in [3.63, 3.8) is 0 Å². The Labute approximate surface area is 257 Å². The first-order valence-electron chi connectivity index (χ1n) is 15.1. The number of carbonyl (C=O) groups is 3. The van der Waals surface area contributed by atoms with Crippen LogP contribution in [0.25, 0.3) is 11.1 Å². The van der Waals surface area contributed by atoms with Crippen molar-refractivity contribution in [2.75, 3.05) is 6.54 Å². The number of amides is 2. The molecule has 2 N–H and O–H groups in total. The maximum atomic E-state index is 14.3. The van der Waals surface area contributed by atoms with E-state index in [-0.39, 0.29) is 36.2 Å². The van der Waals surface area contributed by atoms with Gasteiger partial charge in [0, 0.05) is 29.9 Å². The third-order valence-corrected chi connectivity index (χ3v) is 9.06. The van der Waals surface area contributed by atoms with Crippen molar-refractivity contribution in [3.8, 4) is 11.1 Å². The molecule has 230 valence electrons. The Kier molecular flexibility index (Phi) is 8.68. The zero-order chi connectivity index (χ0) is 31.6. The summed E-state index contributed by atoms with van der Waals surface area (Å²) in [4.78, 5) is 48.4. The third-order valence-electron chi connectivity index (χ3n) is 9.06. The van der Waals surface area contributed by atoms with Gasteiger partial charge in [0.05, 0.1) is 12.5 Å². The van der Waals surface area contributed by atoms with E-state index in [1.165, 1.54) is 12.3 Å². The van der Waals surface area contributed by atoms with E-state index in [1.807, 2.05) is 48.2 Å². The Morgan fingerprint density at radius 3 is 2.34 bits per heavy atom. The molecule has 5 rings (SSSR count). The van der Waals surface area contributed by atoms with Crippen LogP contribution in [0.15, 0.2) is 71.9 Å². The van der Waals surface area contributed by atoms with Gasteiger partial charge in [-0.05, 0) is 84.9 Å². The number of aliphatic carboxylic acids is 1. The number of nitrogens with zero attached hydrogens (tertiary/aromatic N) is 3. The maximum absolute atomic E-state index is 14.3. The van der Waals surface area contributed by atoms with Crippen LogP contribution in [-0.2, 0) is 9.59 Å². The highest BCUT2D eigenvalue weighted by atomic mass is 19.1. The minimum absolute atomic E-state index is 0.0457. The molecule has 0 bridgehead atoms. The fourth-order valence-electron chi connectivity index (χ4n) is 6.51. The highest BCUT2D eigenvalue weighted by molar-refractivity contribution is 6.47. The van der Waals surface area contributed by atoms with Crippen molar-refractivity contribution in [1.29, 1.82) is 0 Å². The van der Waals surface area contributed by atoms with Crippen molar-refractivity contribution < 1.29 is 23.9 Å². The molecule has 1 aliphatic heterocycles. The van der Waals surface area contributed by atoms with Crippen LogP contribution in [0.2, 0.25) is 0 Å². The molecule has 44 heavy (non-hydrogen) atoms. The molecule has 2 aliphatic rings. The van der Waals surface area contributed by atoms with Crippen LogP contribution in [0.3, 0.4) is 0 Å². The quantitative estimate of drug-likeness (QED) is 0.291. The molecule has 2 aromatic carbocycles. The molecule has 1 aromatic heterocycles. The molecule has 2 amide bonds. The molecular formula is C35H39FN4O4. The number of aliphatic imine (C=N–C) groups is 1. The summed E-state index contributed by atoms with van der Waals surface area (Å²) >= 11 is 0. The summed E-state index contributed by atoms with van der Waals surface area (Å²) in [6.45, 7) is 8.82. The minimum atomic E-state index is -0.977. The lowest BCUT2D eigenvalue weighted by Crippen LogP contribution is -2.50. The summed E-state index contributed by atoms with van der Waals surface area (Å²) in [6.07, 6.45) is 4.65. The molecule has 0 radical (unpaired) electrons. The molecule has 8 nitrogen and oxygen atoms in total. The highest BCUT2D eigenvalue weighted by Crippen LogP contribution is 2.49. The van der Waals surface area contributed by atoms with E-state index >= 15 is 0 Å². The van der Waals surface area contributed by atoms with Crippen LogP contribution in [-0.4, -0.2) is 50.7 Å². The first kappa shape index (κ1) is 31.0. The monoisotopic (exact) mass is 598 g/mol. The topological polar surface area (TPSA) is 112 Å². The Morgan fingerprint density at radius 2 is 1.70 bits per heavy atom. The number of pyridine rings is 1. The summed E-state index contributed by atoms with van der Waals surface area (Å²) in [7, 11) is 0. The number of rotatable bonds is 8. The summed E-state index contributed by atoms with van der Waals surface area (Å²) in [5.74, 6) is -1.53. The predicted molar refractivity (Wildman–Crippen MR) is 167 cm³/mol. The van der Waals surface area contributed by atoms with Gasteiger partial charge in [-0.3, -0.25) is 19.4 Å². The Morgan fingerprint density at radius 1 is 1.05 bits per heavy atom. The fourth-order valence-corrected chi connectivity index (χ4v) is 6.51. The second-order valence-electron chi connectivity index (χ2n) is 12.9. The van der Waals surface area contributed by atoms with Gasteiger partial charge in [-0.1, -0.05) is 51.1 Å².